The second kappa shape index (κ2) is 5.26. The monoisotopic (exact) mass is 251 g/mol. The molecule has 2 N–H and O–H groups in total. The van der Waals surface area contributed by atoms with Crippen LogP contribution in [0.3, 0.4) is 0 Å². The Kier molecular flexibility index (Phi) is 3.90. The number of aryl methyl sites for hydroxylation is 1. The molecule has 0 spiro atoms. The van der Waals surface area contributed by atoms with Crippen LogP contribution in [0, 0.1) is 6.92 Å². The molecule has 1 aromatic carbocycles. The molecule has 18 heavy (non-hydrogen) atoms. The van der Waals surface area contributed by atoms with Crippen LogP contribution in [-0.4, -0.2) is 30.1 Å². The summed E-state index contributed by atoms with van der Waals surface area (Å²) in [7, 11) is 0. The van der Waals surface area contributed by atoms with Gasteiger partial charge < -0.3 is 19.9 Å². The van der Waals surface area contributed by atoms with Crippen molar-refractivity contribution in [1.82, 2.24) is 5.32 Å². The van der Waals surface area contributed by atoms with Gasteiger partial charge in [-0.15, -0.1) is 0 Å². The molecule has 0 saturated carbocycles. The fourth-order valence-corrected chi connectivity index (χ4v) is 2.09. The van der Waals surface area contributed by atoms with Crippen molar-refractivity contribution in [1.29, 1.82) is 0 Å². The predicted molar refractivity (Wildman–Crippen MR) is 69.5 cm³/mol. The first kappa shape index (κ1) is 13.3. The highest BCUT2D eigenvalue weighted by atomic mass is 16.7. The van der Waals surface area contributed by atoms with E-state index in [9.17, 15) is 5.11 Å². The van der Waals surface area contributed by atoms with Gasteiger partial charge in [0.2, 0.25) is 0 Å². The van der Waals surface area contributed by atoms with Crippen molar-refractivity contribution in [2.24, 2.45) is 0 Å². The van der Waals surface area contributed by atoms with Crippen LogP contribution in [-0.2, 0) is 16.0 Å². The minimum Gasteiger partial charge on any atom is -0.508 e. The topological polar surface area (TPSA) is 50.7 Å². The van der Waals surface area contributed by atoms with Crippen LogP contribution in [0.15, 0.2) is 18.2 Å². The van der Waals surface area contributed by atoms with E-state index in [1.165, 1.54) is 0 Å². The van der Waals surface area contributed by atoms with Gasteiger partial charge in [0, 0.05) is 18.7 Å². The second-order valence-corrected chi connectivity index (χ2v) is 5.21. The average Bonchev–Trinajstić information content (AvgIpc) is 2.63. The first-order chi connectivity index (χ1) is 8.46. The maximum absolute atomic E-state index is 9.71. The van der Waals surface area contributed by atoms with Crippen molar-refractivity contribution in [2.45, 2.75) is 39.2 Å². The van der Waals surface area contributed by atoms with Crippen LogP contribution in [0.5, 0.6) is 5.75 Å². The van der Waals surface area contributed by atoms with Crippen LogP contribution >= 0.6 is 0 Å². The summed E-state index contributed by atoms with van der Waals surface area (Å²) in [6.45, 7) is 7.81. The zero-order valence-electron chi connectivity index (χ0n) is 11.2. The van der Waals surface area contributed by atoms with Crippen LogP contribution in [0.2, 0.25) is 0 Å². The van der Waals surface area contributed by atoms with E-state index < -0.39 is 5.79 Å². The van der Waals surface area contributed by atoms with Crippen LogP contribution in [0.4, 0.5) is 0 Å². The van der Waals surface area contributed by atoms with Gasteiger partial charge in [0.15, 0.2) is 5.79 Å². The van der Waals surface area contributed by atoms with Gasteiger partial charge in [-0.1, -0.05) is 17.7 Å². The molecule has 0 bridgehead atoms. The first-order valence-corrected chi connectivity index (χ1v) is 6.27. The van der Waals surface area contributed by atoms with Crippen LogP contribution in [0.1, 0.15) is 25.0 Å². The van der Waals surface area contributed by atoms with Gasteiger partial charge in [-0.3, -0.25) is 0 Å². The maximum atomic E-state index is 9.71. The number of hydrogen-bond donors (Lipinski definition) is 2. The van der Waals surface area contributed by atoms with E-state index in [0.29, 0.717) is 18.9 Å². The lowest BCUT2D eigenvalue weighted by Crippen LogP contribution is -2.30. The van der Waals surface area contributed by atoms with Crippen molar-refractivity contribution in [3.8, 4) is 5.75 Å². The number of benzene rings is 1. The Labute approximate surface area is 108 Å². The lowest BCUT2D eigenvalue weighted by atomic mass is 10.1. The Morgan fingerprint density at radius 3 is 2.89 bits per heavy atom. The lowest BCUT2D eigenvalue weighted by Gasteiger charge is -2.17. The van der Waals surface area contributed by atoms with Gasteiger partial charge >= 0.3 is 0 Å². The standard InChI is InChI=1S/C14H21NO3/c1-10-4-5-13(16)11(6-10)7-15-8-12-9-17-14(2,3)18-12/h4-6,12,15-16H,7-9H2,1-3H3. The Morgan fingerprint density at radius 1 is 1.44 bits per heavy atom. The smallest absolute Gasteiger partial charge is 0.163 e. The zero-order valence-corrected chi connectivity index (χ0v) is 11.2. The number of hydrogen-bond acceptors (Lipinski definition) is 4. The Hall–Kier alpha value is -1.10. The molecule has 4 nitrogen and oxygen atoms in total. The minimum absolute atomic E-state index is 0.0759. The molecule has 0 aromatic heterocycles. The van der Waals surface area contributed by atoms with Gasteiger partial charge in [-0.2, -0.15) is 0 Å². The third-order valence-electron chi connectivity index (χ3n) is 2.99. The molecular formula is C14H21NO3. The second-order valence-electron chi connectivity index (χ2n) is 5.21. The van der Waals surface area contributed by atoms with Gasteiger partial charge in [-0.25, -0.2) is 0 Å². The fourth-order valence-electron chi connectivity index (χ4n) is 2.09. The summed E-state index contributed by atoms with van der Waals surface area (Å²) in [6.07, 6.45) is 0.0759. The average molecular weight is 251 g/mol. The van der Waals surface area contributed by atoms with E-state index in [1.54, 1.807) is 6.07 Å². The van der Waals surface area contributed by atoms with E-state index in [1.807, 2.05) is 32.9 Å². The molecule has 1 heterocycles. The largest absolute Gasteiger partial charge is 0.508 e. The number of phenols is 1. The Balaban J connectivity index is 1.80. The fraction of sp³-hybridized carbons (Fsp3) is 0.571. The van der Waals surface area contributed by atoms with Crippen LogP contribution in [0.25, 0.3) is 0 Å². The predicted octanol–water partition coefficient (Wildman–Crippen LogP) is 1.94. The molecule has 1 saturated heterocycles. The third kappa shape index (κ3) is 3.45. The molecule has 1 fully saturated rings. The summed E-state index contributed by atoms with van der Waals surface area (Å²) in [6, 6.07) is 5.61. The summed E-state index contributed by atoms with van der Waals surface area (Å²) in [5.74, 6) is -0.144. The van der Waals surface area contributed by atoms with E-state index in [2.05, 4.69) is 5.32 Å². The Morgan fingerprint density at radius 2 is 2.22 bits per heavy atom. The van der Waals surface area contributed by atoms with Gasteiger partial charge in [0.05, 0.1) is 12.7 Å². The minimum atomic E-state index is -0.474. The molecule has 1 aromatic rings. The van der Waals surface area contributed by atoms with Crippen molar-refractivity contribution in [2.75, 3.05) is 13.2 Å². The summed E-state index contributed by atoms with van der Waals surface area (Å²) >= 11 is 0. The van der Waals surface area contributed by atoms with Crippen LogP contribution < -0.4 is 5.32 Å². The molecular weight excluding hydrogens is 230 g/mol. The lowest BCUT2D eigenvalue weighted by molar-refractivity contribution is -0.137. The highest BCUT2D eigenvalue weighted by Gasteiger charge is 2.32. The van der Waals surface area contributed by atoms with Gasteiger partial charge in [-0.05, 0) is 26.8 Å². The summed E-state index contributed by atoms with van der Waals surface area (Å²) < 4.78 is 11.2. The van der Waals surface area contributed by atoms with Crippen molar-refractivity contribution >= 4 is 0 Å². The number of aromatic hydroxyl groups is 1. The summed E-state index contributed by atoms with van der Waals surface area (Å²) in [5, 5.41) is 13.0. The van der Waals surface area contributed by atoms with Crippen molar-refractivity contribution in [3.05, 3.63) is 29.3 Å². The van der Waals surface area contributed by atoms with E-state index >= 15 is 0 Å². The zero-order chi connectivity index (χ0) is 13.2. The Bertz CT molecular complexity index is 418. The molecule has 1 unspecified atom stereocenters. The molecule has 0 radical (unpaired) electrons. The highest BCUT2D eigenvalue weighted by molar-refractivity contribution is 5.35. The SMILES string of the molecule is Cc1ccc(O)c(CNCC2COC(C)(C)O2)c1. The molecule has 0 aliphatic carbocycles. The summed E-state index contributed by atoms with van der Waals surface area (Å²) in [4.78, 5) is 0. The van der Waals surface area contributed by atoms with Crippen molar-refractivity contribution < 1.29 is 14.6 Å². The number of ether oxygens (including phenoxy) is 2. The number of phenolic OH excluding ortho intramolecular Hbond substituents is 1. The number of rotatable bonds is 4. The normalized spacial score (nSPS) is 22.3. The molecule has 0 amide bonds. The molecule has 100 valence electrons. The molecule has 1 aliphatic heterocycles. The van der Waals surface area contributed by atoms with Crippen molar-refractivity contribution in [3.63, 3.8) is 0 Å². The van der Waals surface area contributed by atoms with E-state index in [0.717, 1.165) is 17.7 Å². The first-order valence-electron chi connectivity index (χ1n) is 6.27. The maximum Gasteiger partial charge on any atom is 0.163 e. The molecule has 1 aliphatic rings. The van der Waals surface area contributed by atoms with Gasteiger partial charge in [0.1, 0.15) is 5.75 Å². The van der Waals surface area contributed by atoms with E-state index in [-0.39, 0.29) is 6.10 Å². The molecule has 4 heteroatoms. The molecule has 2 rings (SSSR count). The van der Waals surface area contributed by atoms with E-state index in [4.69, 9.17) is 9.47 Å². The summed E-state index contributed by atoms with van der Waals surface area (Å²) in [5.41, 5.74) is 2.05. The van der Waals surface area contributed by atoms with Gasteiger partial charge in [0.25, 0.3) is 0 Å². The molecule has 1 atom stereocenters. The number of nitrogens with one attached hydrogen (secondary N) is 1. The highest BCUT2D eigenvalue weighted by Crippen LogP contribution is 2.22. The quantitative estimate of drug-likeness (QED) is 0.858. The third-order valence-corrected chi connectivity index (χ3v) is 2.99.